The maximum Gasteiger partial charge on any atom is 0.149 e. The van der Waals surface area contributed by atoms with Crippen LogP contribution >= 0.6 is 0 Å². The lowest BCUT2D eigenvalue weighted by Crippen LogP contribution is -2.09. The van der Waals surface area contributed by atoms with Gasteiger partial charge in [0.15, 0.2) is 0 Å². The molecule has 0 saturated heterocycles. The van der Waals surface area contributed by atoms with Crippen LogP contribution in [0, 0.1) is 12.7 Å². The van der Waals surface area contributed by atoms with Crippen LogP contribution in [0.25, 0.3) is 10.9 Å². The van der Waals surface area contributed by atoms with Crippen molar-refractivity contribution < 1.29 is 4.39 Å². The summed E-state index contributed by atoms with van der Waals surface area (Å²) < 4.78 is 13.4. The molecule has 0 atom stereocenters. The van der Waals surface area contributed by atoms with Gasteiger partial charge in [-0.15, -0.1) is 0 Å². The van der Waals surface area contributed by atoms with Crippen LogP contribution in [0.5, 0.6) is 0 Å². The highest BCUT2D eigenvalue weighted by Gasteiger charge is 2.05. The molecule has 2 aromatic rings. The Labute approximate surface area is 80.7 Å². The second-order valence-corrected chi connectivity index (χ2v) is 3.10. The minimum atomic E-state index is -0.331. The van der Waals surface area contributed by atoms with E-state index in [2.05, 4.69) is 10.4 Å². The van der Waals surface area contributed by atoms with Crippen molar-refractivity contribution in [3.05, 3.63) is 35.6 Å². The third kappa shape index (κ3) is 1.29. The molecule has 0 fully saturated rings. The van der Waals surface area contributed by atoms with Gasteiger partial charge in [-0.2, -0.15) is 0 Å². The largest absolute Gasteiger partial charge is 0.308 e. The highest BCUT2D eigenvalue weighted by molar-refractivity contribution is 5.84. The van der Waals surface area contributed by atoms with Gasteiger partial charge in [-0.3, -0.25) is 0 Å². The summed E-state index contributed by atoms with van der Waals surface area (Å²) in [6.45, 7) is 1.89. The third-order valence-electron chi connectivity index (χ3n) is 2.14. The molecule has 0 unspecified atom stereocenters. The number of hydrogen-bond donors (Lipinski definition) is 2. The van der Waals surface area contributed by atoms with E-state index in [1.54, 1.807) is 12.1 Å². The summed E-state index contributed by atoms with van der Waals surface area (Å²) in [5, 5.41) is 0.809. The fraction of sp³-hybridized carbons (Fsp3) is 0.100. The Balaban J connectivity index is 2.83. The molecule has 0 aliphatic rings. The van der Waals surface area contributed by atoms with E-state index in [1.165, 1.54) is 6.07 Å². The van der Waals surface area contributed by atoms with Crippen molar-refractivity contribution in [1.29, 1.82) is 0 Å². The first kappa shape index (κ1) is 8.90. The minimum Gasteiger partial charge on any atom is -0.308 e. The predicted molar refractivity (Wildman–Crippen MR) is 54.2 cm³/mol. The number of halogens is 1. The highest BCUT2D eigenvalue weighted by Crippen LogP contribution is 2.21. The van der Waals surface area contributed by atoms with Crippen LogP contribution < -0.4 is 11.3 Å². The van der Waals surface area contributed by atoms with Crippen LogP contribution in [0.2, 0.25) is 0 Å². The minimum absolute atomic E-state index is 0.331. The molecule has 0 spiro atoms. The molecule has 0 aliphatic heterocycles. The van der Waals surface area contributed by atoms with Gasteiger partial charge in [0.05, 0.1) is 0 Å². The number of para-hydroxylation sites is 1. The van der Waals surface area contributed by atoms with Crippen LogP contribution in [0.15, 0.2) is 24.3 Å². The zero-order valence-corrected chi connectivity index (χ0v) is 7.71. The number of benzene rings is 1. The first-order valence-corrected chi connectivity index (χ1v) is 4.25. The predicted octanol–water partition coefficient (Wildman–Crippen LogP) is 1.97. The monoisotopic (exact) mass is 191 g/mol. The van der Waals surface area contributed by atoms with E-state index in [9.17, 15) is 4.39 Å². The van der Waals surface area contributed by atoms with Gasteiger partial charge in [-0.05, 0) is 24.6 Å². The molecule has 3 nitrogen and oxygen atoms in total. The van der Waals surface area contributed by atoms with E-state index in [0.717, 1.165) is 10.9 Å². The van der Waals surface area contributed by atoms with Crippen molar-refractivity contribution in [2.75, 3.05) is 5.43 Å². The van der Waals surface area contributed by atoms with E-state index in [1.807, 2.05) is 13.0 Å². The maximum atomic E-state index is 13.4. The number of rotatable bonds is 1. The normalized spacial score (nSPS) is 10.5. The number of nitrogens with zero attached hydrogens (tertiary/aromatic N) is 1. The number of fused-ring (bicyclic) bond motifs is 1. The van der Waals surface area contributed by atoms with Gasteiger partial charge in [-0.1, -0.05) is 12.1 Å². The van der Waals surface area contributed by atoms with Crippen molar-refractivity contribution in [2.24, 2.45) is 5.84 Å². The van der Waals surface area contributed by atoms with E-state index in [-0.39, 0.29) is 5.82 Å². The van der Waals surface area contributed by atoms with E-state index in [4.69, 9.17) is 5.84 Å². The summed E-state index contributed by atoms with van der Waals surface area (Å²) in [4.78, 5) is 4.04. The lowest BCUT2D eigenvalue weighted by Gasteiger charge is -2.05. The SMILES string of the molecule is Cc1cc(NN)nc2c(F)cccc12. The zero-order chi connectivity index (χ0) is 10.1. The lowest BCUT2D eigenvalue weighted by molar-refractivity contribution is 0.637. The molecule has 14 heavy (non-hydrogen) atoms. The quantitative estimate of drug-likeness (QED) is 0.535. The molecular weight excluding hydrogens is 181 g/mol. The number of pyridine rings is 1. The molecule has 0 aliphatic carbocycles. The molecule has 0 amide bonds. The van der Waals surface area contributed by atoms with E-state index >= 15 is 0 Å². The maximum absolute atomic E-state index is 13.4. The van der Waals surface area contributed by atoms with Gasteiger partial charge in [-0.25, -0.2) is 15.2 Å². The van der Waals surface area contributed by atoms with Gasteiger partial charge in [0.2, 0.25) is 0 Å². The van der Waals surface area contributed by atoms with Crippen LogP contribution in [0.1, 0.15) is 5.56 Å². The molecule has 0 saturated carbocycles. The molecular formula is C10H10FN3. The van der Waals surface area contributed by atoms with Crippen molar-refractivity contribution in [2.45, 2.75) is 6.92 Å². The summed E-state index contributed by atoms with van der Waals surface area (Å²) >= 11 is 0. The Kier molecular flexibility index (Phi) is 2.05. The Morgan fingerprint density at radius 1 is 1.43 bits per heavy atom. The summed E-state index contributed by atoms with van der Waals surface area (Å²) in [5.41, 5.74) is 3.70. The van der Waals surface area contributed by atoms with Gasteiger partial charge < -0.3 is 5.43 Å². The summed E-state index contributed by atoms with van der Waals surface area (Å²) in [5.74, 6) is 5.37. The Bertz CT molecular complexity index is 482. The Morgan fingerprint density at radius 3 is 2.93 bits per heavy atom. The molecule has 1 aromatic heterocycles. The molecule has 0 bridgehead atoms. The van der Waals surface area contributed by atoms with Gasteiger partial charge >= 0.3 is 0 Å². The standard InChI is InChI=1S/C10H10FN3/c1-6-5-9(14-12)13-10-7(6)3-2-4-8(10)11/h2-5H,12H2,1H3,(H,13,14). The number of nitrogens with one attached hydrogen (secondary N) is 1. The topological polar surface area (TPSA) is 50.9 Å². The van der Waals surface area contributed by atoms with Crippen LogP contribution in [-0.2, 0) is 0 Å². The molecule has 72 valence electrons. The molecule has 1 aromatic carbocycles. The van der Waals surface area contributed by atoms with E-state index in [0.29, 0.717) is 11.3 Å². The van der Waals surface area contributed by atoms with Crippen LogP contribution in [-0.4, -0.2) is 4.98 Å². The number of aryl methyl sites for hydroxylation is 1. The van der Waals surface area contributed by atoms with Gasteiger partial charge in [0, 0.05) is 5.39 Å². The number of aromatic nitrogens is 1. The number of hydrazine groups is 1. The second kappa shape index (κ2) is 3.23. The average Bonchev–Trinajstić information content (AvgIpc) is 2.19. The van der Waals surface area contributed by atoms with Crippen LogP contribution in [0.4, 0.5) is 10.2 Å². The van der Waals surface area contributed by atoms with Crippen molar-refractivity contribution in [3.63, 3.8) is 0 Å². The smallest absolute Gasteiger partial charge is 0.149 e. The van der Waals surface area contributed by atoms with Crippen molar-refractivity contribution >= 4 is 16.7 Å². The number of anilines is 1. The molecule has 4 heteroatoms. The van der Waals surface area contributed by atoms with Gasteiger partial charge in [0.25, 0.3) is 0 Å². The highest BCUT2D eigenvalue weighted by atomic mass is 19.1. The second-order valence-electron chi connectivity index (χ2n) is 3.10. The fourth-order valence-electron chi connectivity index (χ4n) is 1.46. The average molecular weight is 191 g/mol. The first-order valence-electron chi connectivity index (χ1n) is 4.25. The Hall–Kier alpha value is -1.68. The van der Waals surface area contributed by atoms with Gasteiger partial charge in [0.1, 0.15) is 17.2 Å². The fourth-order valence-corrected chi connectivity index (χ4v) is 1.46. The summed E-state index contributed by atoms with van der Waals surface area (Å²) in [7, 11) is 0. The molecule has 3 N–H and O–H groups in total. The van der Waals surface area contributed by atoms with Crippen LogP contribution in [0.3, 0.4) is 0 Å². The van der Waals surface area contributed by atoms with Crippen molar-refractivity contribution in [1.82, 2.24) is 4.98 Å². The summed E-state index contributed by atoms with van der Waals surface area (Å²) in [6, 6.07) is 6.67. The summed E-state index contributed by atoms with van der Waals surface area (Å²) in [6.07, 6.45) is 0. The molecule has 2 rings (SSSR count). The van der Waals surface area contributed by atoms with Crippen molar-refractivity contribution in [3.8, 4) is 0 Å². The third-order valence-corrected chi connectivity index (χ3v) is 2.14. The van der Waals surface area contributed by atoms with E-state index < -0.39 is 0 Å². The number of nitrogens with two attached hydrogens (primary N) is 1. The molecule has 1 heterocycles. The first-order chi connectivity index (χ1) is 6.72. The zero-order valence-electron chi connectivity index (χ0n) is 7.71. The Morgan fingerprint density at radius 2 is 2.21 bits per heavy atom. The molecule has 0 radical (unpaired) electrons. The number of nitrogen functional groups attached to an aromatic ring is 1. The number of hydrogen-bond acceptors (Lipinski definition) is 3. The lowest BCUT2D eigenvalue weighted by atomic mass is 10.1.